The van der Waals surface area contributed by atoms with Crippen LogP contribution >= 0.6 is 0 Å². The van der Waals surface area contributed by atoms with Crippen LogP contribution in [0.4, 0.5) is 0 Å². The minimum atomic E-state index is -0.839. The summed E-state index contributed by atoms with van der Waals surface area (Å²) < 4.78 is 5.60. The van der Waals surface area contributed by atoms with Crippen LogP contribution in [-0.4, -0.2) is 41.6 Å². The molecule has 1 aliphatic heterocycles. The number of amides is 1. The summed E-state index contributed by atoms with van der Waals surface area (Å²) >= 11 is 0. The highest BCUT2D eigenvalue weighted by atomic mass is 16.5. The Hall–Kier alpha value is -2.04. The Morgan fingerprint density at radius 2 is 2.10 bits per heavy atom. The molecule has 1 aliphatic rings. The highest BCUT2D eigenvalue weighted by Gasteiger charge is 2.41. The van der Waals surface area contributed by atoms with E-state index < -0.39 is 11.4 Å². The van der Waals surface area contributed by atoms with Gasteiger partial charge < -0.3 is 14.7 Å². The quantitative estimate of drug-likeness (QED) is 0.902. The molecule has 0 spiro atoms. The van der Waals surface area contributed by atoms with Crippen molar-refractivity contribution in [2.75, 3.05) is 19.7 Å². The van der Waals surface area contributed by atoms with E-state index in [9.17, 15) is 9.59 Å². The Bertz CT molecular complexity index is 543. The summed E-state index contributed by atoms with van der Waals surface area (Å²) in [6.45, 7) is 4.74. The van der Waals surface area contributed by atoms with Crippen LogP contribution < -0.4 is 4.74 Å². The summed E-state index contributed by atoms with van der Waals surface area (Å²) in [5, 5.41) is 9.16. The molecule has 1 aromatic carbocycles. The lowest BCUT2D eigenvalue weighted by molar-refractivity contribution is -0.147. The number of hydrogen-bond donors (Lipinski definition) is 1. The predicted octanol–water partition coefficient (Wildman–Crippen LogP) is 2.09. The SMILES string of the molecule is Cc1ccccc1OCCC(=O)N1CCC(C)(C(=O)O)C1. The Morgan fingerprint density at radius 3 is 2.71 bits per heavy atom. The van der Waals surface area contributed by atoms with E-state index in [1.165, 1.54) is 0 Å². The van der Waals surface area contributed by atoms with Gasteiger partial charge in [0.05, 0.1) is 18.4 Å². The van der Waals surface area contributed by atoms with Gasteiger partial charge in [-0.3, -0.25) is 9.59 Å². The van der Waals surface area contributed by atoms with Crippen molar-refractivity contribution in [1.29, 1.82) is 0 Å². The Balaban J connectivity index is 1.81. The topological polar surface area (TPSA) is 66.8 Å². The number of benzene rings is 1. The molecule has 1 fully saturated rings. The molecule has 1 atom stereocenters. The number of carbonyl (C=O) groups is 2. The number of para-hydroxylation sites is 1. The molecule has 1 saturated heterocycles. The number of hydrogen-bond acceptors (Lipinski definition) is 3. The van der Waals surface area contributed by atoms with E-state index in [-0.39, 0.29) is 18.9 Å². The summed E-state index contributed by atoms with van der Waals surface area (Å²) in [6, 6.07) is 7.65. The lowest BCUT2D eigenvalue weighted by Crippen LogP contribution is -2.35. The van der Waals surface area contributed by atoms with Gasteiger partial charge in [0.1, 0.15) is 5.75 Å². The van der Waals surface area contributed by atoms with Crippen molar-refractivity contribution in [3.05, 3.63) is 29.8 Å². The summed E-state index contributed by atoms with van der Waals surface area (Å²) in [6.07, 6.45) is 0.775. The number of nitrogens with zero attached hydrogens (tertiary/aromatic N) is 1. The molecule has 0 aliphatic carbocycles. The maximum absolute atomic E-state index is 12.1. The zero-order chi connectivity index (χ0) is 15.5. The van der Waals surface area contributed by atoms with Gasteiger partial charge in [0.15, 0.2) is 0 Å². The van der Waals surface area contributed by atoms with Crippen LogP contribution in [0.15, 0.2) is 24.3 Å². The fourth-order valence-electron chi connectivity index (χ4n) is 2.47. The maximum atomic E-state index is 12.1. The first kappa shape index (κ1) is 15.4. The number of carboxylic acid groups (broad SMARTS) is 1. The Labute approximate surface area is 124 Å². The van der Waals surface area contributed by atoms with Gasteiger partial charge in [-0.1, -0.05) is 18.2 Å². The van der Waals surface area contributed by atoms with Crippen LogP contribution in [0.5, 0.6) is 5.75 Å². The van der Waals surface area contributed by atoms with Crippen LogP contribution in [0.3, 0.4) is 0 Å². The van der Waals surface area contributed by atoms with Crippen LogP contribution in [0.1, 0.15) is 25.3 Å². The average Bonchev–Trinajstić information content (AvgIpc) is 2.85. The minimum absolute atomic E-state index is 0.0476. The number of aliphatic carboxylic acids is 1. The lowest BCUT2D eigenvalue weighted by atomic mass is 9.90. The van der Waals surface area contributed by atoms with Crippen molar-refractivity contribution in [3.8, 4) is 5.75 Å². The fourth-order valence-corrected chi connectivity index (χ4v) is 2.47. The second kappa shape index (κ2) is 6.16. The third-order valence-corrected chi connectivity index (χ3v) is 4.01. The van der Waals surface area contributed by atoms with Gasteiger partial charge >= 0.3 is 5.97 Å². The van der Waals surface area contributed by atoms with E-state index in [1.807, 2.05) is 31.2 Å². The van der Waals surface area contributed by atoms with Crippen LogP contribution in [0, 0.1) is 12.3 Å². The molecule has 2 rings (SSSR count). The molecule has 21 heavy (non-hydrogen) atoms. The second-order valence-corrected chi connectivity index (χ2v) is 5.80. The van der Waals surface area contributed by atoms with Gasteiger partial charge in [-0.15, -0.1) is 0 Å². The monoisotopic (exact) mass is 291 g/mol. The van der Waals surface area contributed by atoms with Crippen molar-refractivity contribution in [2.45, 2.75) is 26.7 Å². The van der Waals surface area contributed by atoms with Crippen LogP contribution in [0.2, 0.25) is 0 Å². The summed E-state index contributed by atoms with van der Waals surface area (Å²) in [5.74, 6) is -0.107. The second-order valence-electron chi connectivity index (χ2n) is 5.80. The van der Waals surface area contributed by atoms with E-state index in [0.717, 1.165) is 11.3 Å². The van der Waals surface area contributed by atoms with Gasteiger partial charge in [-0.25, -0.2) is 0 Å². The molecule has 1 aromatic rings. The van der Waals surface area contributed by atoms with Gasteiger partial charge in [0.2, 0.25) is 5.91 Å². The Kier molecular flexibility index (Phi) is 4.50. The number of aryl methyl sites for hydroxylation is 1. The molecule has 1 N–H and O–H groups in total. The fraction of sp³-hybridized carbons (Fsp3) is 0.500. The lowest BCUT2D eigenvalue weighted by Gasteiger charge is -2.20. The molecule has 1 heterocycles. The minimum Gasteiger partial charge on any atom is -0.493 e. The molecule has 0 saturated carbocycles. The van der Waals surface area contributed by atoms with E-state index in [0.29, 0.717) is 19.6 Å². The molecule has 5 heteroatoms. The number of carboxylic acids is 1. The Morgan fingerprint density at radius 1 is 1.38 bits per heavy atom. The van der Waals surface area contributed by atoms with Crippen molar-refractivity contribution in [3.63, 3.8) is 0 Å². The molecule has 5 nitrogen and oxygen atoms in total. The van der Waals surface area contributed by atoms with E-state index >= 15 is 0 Å². The first-order chi connectivity index (χ1) is 9.92. The largest absolute Gasteiger partial charge is 0.493 e. The summed E-state index contributed by atoms with van der Waals surface area (Å²) in [5.41, 5.74) is 0.219. The van der Waals surface area contributed by atoms with Gasteiger partial charge in [-0.2, -0.15) is 0 Å². The van der Waals surface area contributed by atoms with Crippen LogP contribution in [-0.2, 0) is 9.59 Å². The zero-order valence-electron chi connectivity index (χ0n) is 12.5. The molecule has 114 valence electrons. The molecular weight excluding hydrogens is 270 g/mol. The van der Waals surface area contributed by atoms with E-state index in [4.69, 9.17) is 9.84 Å². The molecule has 0 aromatic heterocycles. The molecule has 1 unspecified atom stereocenters. The smallest absolute Gasteiger partial charge is 0.311 e. The zero-order valence-corrected chi connectivity index (χ0v) is 12.5. The standard InChI is InChI=1S/C16H21NO4/c1-12-5-3-4-6-13(12)21-10-7-14(18)17-9-8-16(2,11-17)15(19)20/h3-6H,7-11H2,1-2H3,(H,19,20). The first-order valence-corrected chi connectivity index (χ1v) is 7.12. The van der Waals surface area contributed by atoms with Crippen molar-refractivity contribution >= 4 is 11.9 Å². The van der Waals surface area contributed by atoms with E-state index in [2.05, 4.69) is 0 Å². The maximum Gasteiger partial charge on any atom is 0.311 e. The normalized spacial score (nSPS) is 21.3. The van der Waals surface area contributed by atoms with Gasteiger partial charge in [0.25, 0.3) is 0 Å². The van der Waals surface area contributed by atoms with Gasteiger partial charge in [0, 0.05) is 13.1 Å². The summed E-state index contributed by atoms with van der Waals surface area (Å²) in [7, 11) is 0. The number of likely N-dealkylation sites (tertiary alicyclic amines) is 1. The van der Waals surface area contributed by atoms with Gasteiger partial charge in [-0.05, 0) is 31.9 Å². The highest BCUT2D eigenvalue weighted by Crippen LogP contribution is 2.30. The molecular formula is C16H21NO4. The summed E-state index contributed by atoms with van der Waals surface area (Å²) in [4.78, 5) is 24.9. The predicted molar refractivity (Wildman–Crippen MR) is 78.2 cm³/mol. The third kappa shape index (κ3) is 3.54. The number of rotatable bonds is 5. The molecule has 0 bridgehead atoms. The van der Waals surface area contributed by atoms with Crippen molar-refractivity contribution in [2.24, 2.45) is 5.41 Å². The third-order valence-electron chi connectivity index (χ3n) is 4.01. The highest BCUT2D eigenvalue weighted by molar-refractivity contribution is 5.80. The first-order valence-electron chi connectivity index (χ1n) is 7.12. The van der Waals surface area contributed by atoms with Crippen molar-refractivity contribution in [1.82, 2.24) is 4.90 Å². The van der Waals surface area contributed by atoms with E-state index in [1.54, 1.807) is 11.8 Å². The molecule has 1 amide bonds. The van der Waals surface area contributed by atoms with Crippen molar-refractivity contribution < 1.29 is 19.4 Å². The average molecular weight is 291 g/mol. The number of carbonyl (C=O) groups excluding carboxylic acids is 1. The number of ether oxygens (including phenoxy) is 1. The van der Waals surface area contributed by atoms with Crippen LogP contribution in [0.25, 0.3) is 0 Å². The molecule has 0 radical (unpaired) electrons.